The van der Waals surface area contributed by atoms with E-state index in [1.807, 2.05) is 33.8 Å². The molecular formula is C56H63ClF2N4O9S2. The number of sulfonamides is 1. The van der Waals surface area contributed by atoms with Gasteiger partial charge in [0.1, 0.15) is 11.6 Å². The molecule has 0 atom stereocenters. The van der Waals surface area contributed by atoms with E-state index in [1.165, 1.54) is 71.5 Å². The molecule has 1 fully saturated rings. The van der Waals surface area contributed by atoms with Gasteiger partial charge in [0.25, 0.3) is 9.05 Å². The van der Waals surface area contributed by atoms with Gasteiger partial charge in [0.05, 0.1) is 57.9 Å². The van der Waals surface area contributed by atoms with Gasteiger partial charge in [0.2, 0.25) is 10.0 Å². The van der Waals surface area contributed by atoms with E-state index in [0.29, 0.717) is 81.0 Å². The van der Waals surface area contributed by atoms with Crippen LogP contribution in [0.1, 0.15) is 120 Å². The number of fused-ring (bicyclic) bond motifs is 6. The van der Waals surface area contributed by atoms with Crippen LogP contribution in [0.25, 0.3) is 44.8 Å². The molecule has 1 aliphatic heterocycles. The molecule has 0 bridgehead atoms. The summed E-state index contributed by atoms with van der Waals surface area (Å²) in [5, 5.41) is 0. The predicted octanol–water partition coefficient (Wildman–Crippen LogP) is 11.1. The molecule has 0 radical (unpaired) electrons. The number of benzene rings is 4. The zero-order chi connectivity index (χ0) is 54.1. The smallest absolute Gasteiger partial charge is 0.340 e. The number of esters is 2. The summed E-state index contributed by atoms with van der Waals surface area (Å²) in [5.41, 5.74) is 15.2. The molecule has 74 heavy (non-hydrogen) atoms. The number of aromatic nitrogens is 2. The molecule has 394 valence electrons. The Morgan fingerprint density at radius 1 is 0.622 bits per heavy atom. The zero-order valence-electron chi connectivity index (χ0n) is 42.9. The van der Waals surface area contributed by atoms with E-state index in [0.717, 1.165) is 60.3 Å². The summed E-state index contributed by atoms with van der Waals surface area (Å²) < 4.78 is 94.2. The summed E-state index contributed by atoms with van der Waals surface area (Å²) in [6.07, 6.45) is 6.79. The lowest BCUT2D eigenvalue weighted by atomic mass is 9.87. The Kier molecular flexibility index (Phi) is 19.4. The van der Waals surface area contributed by atoms with Gasteiger partial charge in [0, 0.05) is 46.1 Å². The Morgan fingerprint density at radius 3 is 1.35 bits per heavy atom. The number of hydrogen-bond donors (Lipinski definition) is 2. The van der Waals surface area contributed by atoms with Crippen molar-refractivity contribution < 1.29 is 49.4 Å². The molecule has 13 nitrogen and oxygen atoms in total. The highest BCUT2D eigenvalue weighted by Crippen LogP contribution is 2.44. The number of halogens is 3. The molecule has 0 amide bonds. The number of pyridine rings is 2. The minimum Gasteiger partial charge on any atom is -0.465 e. The Labute approximate surface area is 437 Å². The Morgan fingerprint density at radius 2 is 1.01 bits per heavy atom. The summed E-state index contributed by atoms with van der Waals surface area (Å²) >= 11 is 0. The number of hydrogen-bond acceptors (Lipinski definition) is 12. The van der Waals surface area contributed by atoms with Crippen molar-refractivity contribution in [3.05, 3.63) is 141 Å². The number of ether oxygens (including phenoxy) is 3. The van der Waals surface area contributed by atoms with Crippen LogP contribution in [-0.4, -0.2) is 80.3 Å². The van der Waals surface area contributed by atoms with E-state index in [2.05, 4.69) is 10.5 Å². The van der Waals surface area contributed by atoms with Gasteiger partial charge < -0.3 is 19.9 Å². The van der Waals surface area contributed by atoms with Crippen LogP contribution in [0, 0.1) is 11.6 Å². The molecular weight excluding hydrogens is 1010 g/mol. The molecule has 0 unspecified atom stereocenters. The van der Waals surface area contributed by atoms with E-state index >= 15 is 0 Å². The zero-order valence-corrected chi connectivity index (χ0v) is 45.3. The maximum Gasteiger partial charge on any atom is 0.340 e. The highest BCUT2D eigenvalue weighted by molar-refractivity contribution is 8.13. The Bertz CT molecular complexity index is 3230. The standard InChI is InChI=1S/C26H27FN2O4S.C25H23ClFNO4S.C4H8O.CH5N/c1-15(2)24-23(26(30)33-4)22(17-8-11-18(27)12-9-17)20-7-5-6-16-10-13-19(34(31,32)28-3)14-21(16)25(20)29-24;1-14(2)23-22(25(29)32-3)21(16-7-10-17(27)11-8-16)19-6-4-5-15-9-12-18(33(26,30)31)13-20(15)24(19)28-23;1-2-4-5-3-1;1-2/h8-15,28H,5-7H2,1-4H3;7-14H,4-6H2,1-3H3;1-4H2;2H2,1H3. The van der Waals surface area contributed by atoms with Gasteiger partial charge in [-0.1, -0.05) is 64.1 Å². The third-order valence-electron chi connectivity index (χ3n) is 12.9. The Balaban J connectivity index is 0.000000213. The fraction of sp³-hybridized carbons (Fsp3) is 0.357. The average Bonchev–Trinajstić information content (AvgIpc) is 3.87. The van der Waals surface area contributed by atoms with E-state index < -0.39 is 31.0 Å². The molecule has 3 heterocycles. The first-order valence-electron chi connectivity index (χ1n) is 24.4. The topological polar surface area (TPSA) is 194 Å². The van der Waals surface area contributed by atoms with Crippen molar-refractivity contribution in [2.24, 2.45) is 5.73 Å². The highest BCUT2D eigenvalue weighted by atomic mass is 35.7. The number of rotatable bonds is 9. The van der Waals surface area contributed by atoms with Crippen molar-refractivity contribution in [2.75, 3.05) is 41.5 Å². The van der Waals surface area contributed by atoms with Crippen molar-refractivity contribution in [3.63, 3.8) is 0 Å². The number of nitrogens with zero attached hydrogens (tertiary/aromatic N) is 2. The fourth-order valence-electron chi connectivity index (χ4n) is 9.38. The van der Waals surface area contributed by atoms with Crippen LogP contribution < -0.4 is 10.5 Å². The van der Waals surface area contributed by atoms with Crippen molar-refractivity contribution in [2.45, 2.75) is 101 Å². The molecule has 1 saturated heterocycles. The van der Waals surface area contributed by atoms with Crippen molar-refractivity contribution in [3.8, 4) is 44.8 Å². The van der Waals surface area contributed by atoms with E-state index in [9.17, 15) is 35.2 Å². The van der Waals surface area contributed by atoms with E-state index in [4.69, 9.17) is 34.9 Å². The second kappa shape index (κ2) is 25.1. The Hall–Kier alpha value is -5.95. The van der Waals surface area contributed by atoms with Gasteiger partial charge in [-0.3, -0.25) is 9.97 Å². The van der Waals surface area contributed by atoms with Gasteiger partial charge >= 0.3 is 11.9 Å². The fourth-order valence-corrected chi connectivity index (χ4v) is 10.9. The highest BCUT2D eigenvalue weighted by Gasteiger charge is 2.32. The van der Waals surface area contributed by atoms with Crippen molar-refractivity contribution >= 4 is 41.7 Å². The SMILES string of the molecule is C1CCOC1.CN.CNS(=O)(=O)c1ccc2c(c1)-c1nc(C(C)C)c(C(=O)OC)c(-c3ccc(F)cc3)c1CCC2.COC(=O)c1c(C(C)C)nc2c(c1-c1ccc(F)cc1)CCCc1ccc(S(=O)(=O)Cl)cc1-2. The molecule has 2 aromatic heterocycles. The summed E-state index contributed by atoms with van der Waals surface area (Å²) in [7, 11) is 3.56. The largest absolute Gasteiger partial charge is 0.465 e. The van der Waals surface area contributed by atoms with Crippen LogP contribution in [0.2, 0.25) is 0 Å². The minimum atomic E-state index is -3.94. The molecule has 2 aliphatic carbocycles. The monoisotopic (exact) mass is 1070 g/mol. The molecule has 3 aliphatic rings. The normalized spacial score (nSPS) is 13.7. The third-order valence-corrected chi connectivity index (χ3v) is 15.7. The van der Waals surface area contributed by atoms with Crippen LogP contribution in [0.5, 0.6) is 0 Å². The maximum absolute atomic E-state index is 13.8. The van der Waals surface area contributed by atoms with Crippen LogP contribution in [-0.2, 0) is 59.0 Å². The van der Waals surface area contributed by atoms with Gasteiger partial charge in [0.15, 0.2) is 0 Å². The molecule has 4 aromatic carbocycles. The number of nitrogens with one attached hydrogen (secondary N) is 1. The van der Waals surface area contributed by atoms with Gasteiger partial charge in [-0.05, 0) is 159 Å². The second-order valence-electron chi connectivity index (χ2n) is 18.3. The quantitative estimate of drug-likeness (QED) is 0.103. The average molecular weight is 1070 g/mol. The summed E-state index contributed by atoms with van der Waals surface area (Å²) in [6, 6.07) is 21.9. The molecule has 9 rings (SSSR count). The first kappa shape index (κ1) is 57.3. The molecule has 0 saturated carbocycles. The van der Waals surface area contributed by atoms with Crippen LogP contribution in [0.15, 0.2) is 94.7 Å². The summed E-state index contributed by atoms with van der Waals surface area (Å²) in [5.74, 6) is -2.03. The predicted molar refractivity (Wildman–Crippen MR) is 284 cm³/mol. The molecule has 3 N–H and O–H groups in total. The van der Waals surface area contributed by atoms with Crippen molar-refractivity contribution in [1.82, 2.24) is 14.7 Å². The second-order valence-corrected chi connectivity index (χ2v) is 22.7. The lowest BCUT2D eigenvalue weighted by molar-refractivity contribution is 0.0590. The lowest BCUT2D eigenvalue weighted by Gasteiger charge is -2.22. The van der Waals surface area contributed by atoms with Crippen LogP contribution in [0.3, 0.4) is 0 Å². The van der Waals surface area contributed by atoms with Gasteiger partial charge in [-0.25, -0.2) is 39.9 Å². The van der Waals surface area contributed by atoms with Gasteiger partial charge in [-0.2, -0.15) is 0 Å². The first-order valence-corrected chi connectivity index (χ1v) is 28.2. The van der Waals surface area contributed by atoms with E-state index in [1.54, 1.807) is 48.5 Å². The van der Waals surface area contributed by atoms with Gasteiger partial charge in [-0.15, -0.1) is 0 Å². The number of carbonyl (C=O) groups is 2. The molecule has 0 spiro atoms. The van der Waals surface area contributed by atoms with E-state index in [-0.39, 0.29) is 33.3 Å². The summed E-state index contributed by atoms with van der Waals surface area (Å²) in [4.78, 5) is 36.0. The number of carbonyl (C=O) groups excluding carboxylic acids is 2. The number of aryl methyl sites for hydroxylation is 2. The number of methoxy groups -OCH3 is 2. The minimum absolute atomic E-state index is 0.0101. The van der Waals surface area contributed by atoms with Crippen molar-refractivity contribution in [1.29, 1.82) is 0 Å². The number of nitrogens with two attached hydrogens (primary N) is 1. The lowest BCUT2D eigenvalue weighted by Crippen LogP contribution is -2.19. The van der Waals surface area contributed by atoms with Crippen LogP contribution >= 0.6 is 10.7 Å². The third kappa shape index (κ3) is 12.8. The molecule has 18 heteroatoms. The first-order chi connectivity index (χ1) is 35.3. The summed E-state index contributed by atoms with van der Waals surface area (Å²) in [6.45, 7) is 9.73. The maximum atomic E-state index is 13.8. The molecule has 6 aromatic rings. The van der Waals surface area contributed by atoms with Crippen LogP contribution in [0.4, 0.5) is 8.78 Å².